The number of aliphatic hydroxyl groups excluding tert-OH is 1. The molecule has 0 bridgehead atoms. The quantitative estimate of drug-likeness (QED) is 0.546. The van der Waals surface area contributed by atoms with Crippen LogP contribution < -0.4 is 9.46 Å². The molecule has 21 heavy (non-hydrogen) atoms. The maximum Gasteiger partial charge on any atom is 0.312 e. The minimum absolute atomic E-state index is 0.0126. The maximum atomic E-state index is 12.2. The molecule has 0 amide bonds. The van der Waals surface area contributed by atoms with Gasteiger partial charge in [0.2, 0.25) is 10.0 Å². The van der Waals surface area contributed by atoms with Gasteiger partial charge in [-0.2, -0.15) is 0 Å². The van der Waals surface area contributed by atoms with Crippen LogP contribution in [0.3, 0.4) is 0 Å². The van der Waals surface area contributed by atoms with Gasteiger partial charge < -0.3 is 9.84 Å². The fourth-order valence-electron chi connectivity index (χ4n) is 1.77. The Morgan fingerprint density at radius 2 is 2.14 bits per heavy atom. The number of benzene rings is 1. The number of hydrogen-bond donors (Lipinski definition) is 2. The minimum Gasteiger partial charge on any atom is -0.490 e. The molecule has 118 valence electrons. The molecule has 0 aliphatic rings. The van der Waals surface area contributed by atoms with Crippen LogP contribution in [0.2, 0.25) is 0 Å². The van der Waals surface area contributed by atoms with Crippen LogP contribution in [0, 0.1) is 10.1 Å². The third-order valence-electron chi connectivity index (χ3n) is 2.95. The van der Waals surface area contributed by atoms with Gasteiger partial charge in [-0.1, -0.05) is 6.92 Å². The second kappa shape index (κ2) is 7.34. The van der Waals surface area contributed by atoms with Crippen LogP contribution in [0.5, 0.6) is 5.75 Å². The normalized spacial score (nSPS) is 12.9. The zero-order chi connectivity index (χ0) is 16.0. The van der Waals surface area contributed by atoms with Gasteiger partial charge in [-0.15, -0.1) is 0 Å². The number of nitrogens with one attached hydrogen (secondary N) is 1. The van der Waals surface area contributed by atoms with Gasteiger partial charge in [-0.05, 0) is 25.0 Å². The molecule has 0 radical (unpaired) electrons. The van der Waals surface area contributed by atoms with Crippen molar-refractivity contribution in [2.24, 2.45) is 0 Å². The largest absolute Gasteiger partial charge is 0.490 e. The van der Waals surface area contributed by atoms with E-state index in [4.69, 9.17) is 9.84 Å². The number of methoxy groups -OCH3 is 1. The molecule has 2 N–H and O–H groups in total. The predicted molar refractivity (Wildman–Crippen MR) is 75.8 cm³/mol. The highest BCUT2D eigenvalue weighted by Crippen LogP contribution is 2.29. The van der Waals surface area contributed by atoms with Crippen LogP contribution >= 0.6 is 0 Å². The molecule has 0 saturated heterocycles. The molecular weight excluding hydrogens is 300 g/mol. The van der Waals surface area contributed by atoms with Crippen molar-refractivity contribution in [3.05, 3.63) is 28.3 Å². The summed E-state index contributed by atoms with van der Waals surface area (Å²) in [6, 6.07) is 2.99. The molecule has 1 rings (SSSR count). The molecule has 0 fully saturated rings. The Morgan fingerprint density at radius 3 is 2.62 bits per heavy atom. The van der Waals surface area contributed by atoms with Gasteiger partial charge in [0.1, 0.15) is 0 Å². The lowest BCUT2D eigenvalue weighted by Gasteiger charge is -2.16. The summed E-state index contributed by atoms with van der Waals surface area (Å²) in [4.78, 5) is 10.00. The number of rotatable bonds is 8. The maximum absolute atomic E-state index is 12.2. The Labute approximate surface area is 122 Å². The van der Waals surface area contributed by atoms with Gasteiger partial charge in [0, 0.05) is 18.7 Å². The van der Waals surface area contributed by atoms with Crippen molar-refractivity contribution < 1.29 is 23.2 Å². The summed E-state index contributed by atoms with van der Waals surface area (Å²) in [6.07, 6.45) is 0.770. The van der Waals surface area contributed by atoms with Crippen LogP contribution in [-0.2, 0) is 10.0 Å². The van der Waals surface area contributed by atoms with E-state index in [1.165, 1.54) is 19.2 Å². The standard InChI is InChI=1S/C12H18N2O6S/c1-3-9(6-7-15)13-21(18,19)10-4-5-12(20-2)11(8-10)14(16)17/h4-5,8-9,13,15H,3,6-7H2,1-2H3. The fourth-order valence-corrected chi connectivity index (χ4v) is 3.14. The Kier molecular flexibility index (Phi) is 6.06. The molecule has 1 atom stereocenters. The van der Waals surface area contributed by atoms with Crippen molar-refractivity contribution in [1.82, 2.24) is 4.72 Å². The van der Waals surface area contributed by atoms with Crippen molar-refractivity contribution in [3.8, 4) is 5.75 Å². The summed E-state index contributed by atoms with van der Waals surface area (Å²) >= 11 is 0. The van der Waals surface area contributed by atoms with Crippen molar-refractivity contribution in [1.29, 1.82) is 0 Å². The third kappa shape index (κ3) is 4.38. The van der Waals surface area contributed by atoms with E-state index in [0.29, 0.717) is 6.42 Å². The van der Waals surface area contributed by atoms with Gasteiger partial charge >= 0.3 is 5.69 Å². The van der Waals surface area contributed by atoms with E-state index >= 15 is 0 Å². The summed E-state index contributed by atoms with van der Waals surface area (Å²) < 4.78 is 31.6. The van der Waals surface area contributed by atoms with E-state index in [2.05, 4.69) is 4.72 Å². The molecule has 8 nitrogen and oxygen atoms in total. The number of sulfonamides is 1. The van der Waals surface area contributed by atoms with Crippen molar-refractivity contribution >= 4 is 15.7 Å². The molecule has 1 aromatic rings. The molecule has 0 aliphatic carbocycles. The van der Waals surface area contributed by atoms with Crippen molar-refractivity contribution in [3.63, 3.8) is 0 Å². The first-order chi connectivity index (χ1) is 9.85. The van der Waals surface area contributed by atoms with E-state index in [-0.39, 0.29) is 23.7 Å². The first-order valence-electron chi connectivity index (χ1n) is 6.31. The van der Waals surface area contributed by atoms with Gasteiger partial charge in [0.25, 0.3) is 0 Å². The van der Waals surface area contributed by atoms with Gasteiger partial charge in [-0.25, -0.2) is 13.1 Å². The molecule has 1 unspecified atom stereocenters. The Hall–Kier alpha value is -1.71. The minimum atomic E-state index is -3.90. The van der Waals surface area contributed by atoms with Gasteiger partial charge in [0.15, 0.2) is 5.75 Å². The predicted octanol–water partition coefficient (Wildman–Crippen LogP) is 1.04. The molecule has 0 aromatic heterocycles. The van der Waals surface area contributed by atoms with E-state index in [0.717, 1.165) is 6.07 Å². The topological polar surface area (TPSA) is 119 Å². The molecule has 0 heterocycles. The second-order valence-corrected chi connectivity index (χ2v) is 6.04. The molecule has 0 aliphatic heterocycles. The highest BCUT2D eigenvalue weighted by molar-refractivity contribution is 7.89. The average molecular weight is 318 g/mol. The molecule has 1 aromatic carbocycles. The van der Waals surface area contributed by atoms with Crippen LogP contribution in [0.4, 0.5) is 5.69 Å². The smallest absolute Gasteiger partial charge is 0.312 e. The summed E-state index contributed by atoms with van der Waals surface area (Å²) in [5.41, 5.74) is -0.421. The molecule has 0 saturated carbocycles. The summed E-state index contributed by atoms with van der Waals surface area (Å²) in [5.74, 6) is -0.0126. The van der Waals surface area contributed by atoms with Crippen molar-refractivity contribution in [2.45, 2.75) is 30.7 Å². The summed E-state index contributed by atoms with van der Waals surface area (Å²) in [7, 11) is -2.63. The van der Waals surface area contributed by atoms with Gasteiger partial charge in [-0.3, -0.25) is 10.1 Å². The van der Waals surface area contributed by atoms with Crippen LogP contribution in [0.25, 0.3) is 0 Å². The zero-order valence-corrected chi connectivity index (χ0v) is 12.6. The summed E-state index contributed by atoms with van der Waals surface area (Å²) in [5, 5.41) is 19.8. The first kappa shape index (κ1) is 17.3. The highest BCUT2D eigenvalue weighted by Gasteiger charge is 2.23. The lowest BCUT2D eigenvalue weighted by Crippen LogP contribution is -2.35. The lowest BCUT2D eigenvalue weighted by atomic mass is 10.2. The van der Waals surface area contributed by atoms with Crippen LogP contribution in [0.1, 0.15) is 19.8 Å². The number of aliphatic hydroxyl groups is 1. The van der Waals surface area contributed by atoms with E-state index in [1.807, 2.05) is 0 Å². The molecular formula is C12H18N2O6S. The Balaban J connectivity index is 3.14. The van der Waals surface area contributed by atoms with Gasteiger partial charge in [0.05, 0.1) is 16.9 Å². The Morgan fingerprint density at radius 1 is 1.48 bits per heavy atom. The number of hydrogen-bond acceptors (Lipinski definition) is 6. The third-order valence-corrected chi connectivity index (χ3v) is 4.47. The second-order valence-electron chi connectivity index (χ2n) is 4.33. The van der Waals surface area contributed by atoms with E-state index in [9.17, 15) is 18.5 Å². The number of nitro benzene ring substituents is 1. The SMILES string of the molecule is CCC(CCO)NS(=O)(=O)c1ccc(OC)c([N+](=O)[O-])c1. The first-order valence-corrected chi connectivity index (χ1v) is 7.79. The fraction of sp³-hybridized carbons (Fsp3) is 0.500. The summed E-state index contributed by atoms with van der Waals surface area (Å²) in [6.45, 7) is 1.63. The zero-order valence-electron chi connectivity index (χ0n) is 11.8. The number of nitrogens with zero attached hydrogens (tertiary/aromatic N) is 1. The Bertz CT molecular complexity index is 602. The van der Waals surface area contributed by atoms with E-state index in [1.54, 1.807) is 6.92 Å². The molecule has 9 heteroatoms. The number of ether oxygens (including phenoxy) is 1. The monoisotopic (exact) mass is 318 g/mol. The van der Waals surface area contributed by atoms with Crippen LogP contribution in [0.15, 0.2) is 23.1 Å². The molecule has 0 spiro atoms. The van der Waals surface area contributed by atoms with E-state index < -0.39 is 26.7 Å². The highest BCUT2D eigenvalue weighted by atomic mass is 32.2. The average Bonchev–Trinajstić information content (AvgIpc) is 2.45. The van der Waals surface area contributed by atoms with Crippen LogP contribution in [-0.4, -0.2) is 38.2 Å². The van der Waals surface area contributed by atoms with Crippen molar-refractivity contribution in [2.75, 3.05) is 13.7 Å². The number of nitro groups is 1. The lowest BCUT2D eigenvalue weighted by molar-refractivity contribution is -0.386.